The molecule has 0 N–H and O–H groups in total. The first kappa shape index (κ1) is 58.7. The molecule has 1 aliphatic heterocycles. The molecule has 12 aromatic carbocycles. The fraction of sp³-hybridized carbons (Fsp3) is 0.0930. The molecule has 0 radical (unpaired) electrons. The van der Waals surface area contributed by atoms with Crippen molar-refractivity contribution in [3.8, 4) is 89.6 Å². The average molecular weight is 1380 g/mol. The van der Waals surface area contributed by atoms with Crippen LogP contribution in [-0.4, -0.2) is 14.1 Å². The Balaban J connectivity index is 0.955. The third kappa shape index (κ3) is 11.1. The van der Waals surface area contributed by atoms with Gasteiger partial charge in [-0.2, -0.15) is 0 Å². The SMILES string of the molecule is CC(C)(C)c1ccnc(N2c3[c-]c(Oc4[c-]c(-n5[c](=[Pt])n(-c6c(-c7ccccc7)cc(C(C)(C)C)cc6-c6ccccc6)c6ccccc65)ccc4)ccc3-c3cc(-c4ccccc4)ccc3N(c3ccccc3)c3ccc(-c4ccccc4)cc3-c3ccccc32)c1. The van der Waals surface area contributed by atoms with Crippen molar-refractivity contribution in [1.29, 1.82) is 0 Å². The van der Waals surface area contributed by atoms with Gasteiger partial charge in [-0.1, -0.05) is 130 Å². The van der Waals surface area contributed by atoms with Gasteiger partial charge in [-0.15, -0.1) is 0 Å². The summed E-state index contributed by atoms with van der Waals surface area (Å²) in [7, 11) is 0. The molecule has 14 aromatic rings. The zero-order chi connectivity index (χ0) is 63.4. The minimum absolute atomic E-state index is 0.115. The molecular weight excluding hydrogens is 1310 g/mol. The van der Waals surface area contributed by atoms with E-state index in [4.69, 9.17) is 9.72 Å². The van der Waals surface area contributed by atoms with Gasteiger partial charge in [-0.3, -0.25) is 0 Å². The summed E-state index contributed by atoms with van der Waals surface area (Å²) >= 11 is 2.52. The summed E-state index contributed by atoms with van der Waals surface area (Å²) in [6, 6.07) is 112. The zero-order valence-corrected chi connectivity index (χ0v) is 55.0. The predicted octanol–water partition coefficient (Wildman–Crippen LogP) is 23.1. The number of anilines is 6. The van der Waals surface area contributed by atoms with Crippen LogP contribution < -0.4 is 14.5 Å². The van der Waals surface area contributed by atoms with E-state index in [1.807, 2.05) is 12.3 Å². The predicted molar refractivity (Wildman–Crippen MR) is 381 cm³/mol. The number of ether oxygens (including phenoxy) is 1. The molecule has 0 fully saturated rings. The molecule has 3 heterocycles. The molecule has 6 nitrogen and oxygen atoms in total. The van der Waals surface area contributed by atoms with Crippen LogP contribution in [-0.2, 0) is 30.2 Å². The third-order valence-electron chi connectivity index (χ3n) is 17.7. The average Bonchev–Trinajstić information content (AvgIpc) is 1.73. The molecular formula is C86H67N5OPt-2. The maximum atomic E-state index is 7.23. The quantitative estimate of drug-likeness (QED) is 0.128. The summed E-state index contributed by atoms with van der Waals surface area (Å²) in [6.07, 6.45) is 1.94. The first-order valence-corrected chi connectivity index (χ1v) is 32.8. The number of fused-ring (bicyclic) bond motifs is 7. The number of benzene rings is 12. The Morgan fingerprint density at radius 1 is 0.355 bits per heavy atom. The summed E-state index contributed by atoms with van der Waals surface area (Å²) in [5.74, 6) is 1.81. The molecule has 0 unspecified atom stereocenters. The number of imidazole rings is 1. The van der Waals surface area contributed by atoms with Gasteiger partial charge in [0.1, 0.15) is 0 Å². The standard InChI is InChI=1S/C86H67N5O.Pt/c1-85(2,3)65-49-50-87-83(55-65)91-77-40-23-22-39-71(77)75-51-63(59-27-12-7-13-28-59)43-47-78(75)90(67-35-20-11-21-36-67)79-48-44-64(60-29-14-8-15-30-60)52-76(79)72-46-45-70(57-82(72)91)92-69-38-26-37-68(56-69)88-58-89(81-42-25-24-41-80(81)88)84-73(61-31-16-9-17-32-61)53-66(86(4,5)6)54-74(84)62-33-18-10-19-34-62;/h7-55H,1-6H3;/q-2;. The second-order valence-electron chi connectivity index (χ2n) is 25.8. The van der Waals surface area contributed by atoms with Crippen molar-refractivity contribution in [2.75, 3.05) is 9.80 Å². The van der Waals surface area contributed by atoms with E-state index in [2.05, 4.69) is 377 Å². The van der Waals surface area contributed by atoms with E-state index in [1.54, 1.807) is 0 Å². The van der Waals surface area contributed by atoms with Crippen molar-refractivity contribution in [3.63, 3.8) is 0 Å². The van der Waals surface area contributed by atoms with Gasteiger partial charge in [0.25, 0.3) is 0 Å². The van der Waals surface area contributed by atoms with Gasteiger partial charge in [0.05, 0.1) is 5.69 Å². The van der Waals surface area contributed by atoms with E-state index in [0.717, 1.165) is 133 Å². The van der Waals surface area contributed by atoms with Crippen LogP contribution in [0.3, 0.4) is 0 Å². The molecule has 2 aromatic heterocycles. The molecule has 7 heteroatoms. The molecule has 0 saturated heterocycles. The summed E-state index contributed by atoms with van der Waals surface area (Å²) < 4.78 is 12.9. The van der Waals surface area contributed by atoms with Gasteiger partial charge >= 0.3 is 332 Å². The number of aromatic nitrogens is 3. The summed E-state index contributed by atoms with van der Waals surface area (Å²) in [6.45, 7) is 13.7. The van der Waals surface area contributed by atoms with Crippen molar-refractivity contribution in [3.05, 3.63) is 324 Å². The Kier molecular flexibility index (Phi) is 15.3. The Morgan fingerprint density at radius 2 is 0.849 bits per heavy atom. The van der Waals surface area contributed by atoms with E-state index < -0.39 is 0 Å². The van der Waals surface area contributed by atoms with Crippen molar-refractivity contribution < 1.29 is 24.1 Å². The van der Waals surface area contributed by atoms with Gasteiger partial charge in [-0.05, 0) is 69.6 Å². The van der Waals surface area contributed by atoms with Crippen LogP contribution in [0.1, 0.15) is 52.7 Å². The monoisotopic (exact) mass is 1380 g/mol. The van der Waals surface area contributed by atoms with Crippen molar-refractivity contribution in [2.24, 2.45) is 0 Å². The number of rotatable bonds is 10. The fourth-order valence-electron chi connectivity index (χ4n) is 13.0. The van der Waals surface area contributed by atoms with Crippen LogP contribution in [0, 0.1) is 15.9 Å². The topological polar surface area (TPSA) is 38.5 Å². The number of hydrogen-bond donors (Lipinski definition) is 0. The normalized spacial score (nSPS) is 12.2. The molecule has 1 aliphatic rings. The Labute approximate surface area is 556 Å². The van der Waals surface area contributed by atoms with Crippen molar-refractivity contribution >= 4 is 45.3 Å². The van der Waals surface area contributed by atoms with Crippen molar-refractivity contribution in [1.82, 2.24) is 14.1 Å². The molecule has 15 rings (SSSR count). The molecule has 0 bridgehead atoms. The first-order chi connectivity index (χ1) is 45.3. The van der Waals surface area contributed by atoms with Crippen LogP contribution in [0.25, 0.3) is 89.2 Å². The zero-order valence-electron chi connectivity index (χ0n) is 52.8. The maximum absolute atomic E-state index is 7.23. The second-order valence-corrected chi connectivity index (χ2v) is 26.8. The van der Waals surface area contributed by atoms with Gasteiger partial charge in [0, 0.05) is 17.4 Å². The van der Waals surface area contributed by atoms with Gasteiger partial charge in [0.2, 0.25) is 0 Å². The molecule has 93 heavy (non-hydrogen) atoms. The summed E-state index contributed by atoms with van der Waals surface area (Å²) in [5.41, 5.74) is 23.9. The molecule has 454 valence electrons. The van der Waals surface area contributed by atoms with Gasteiger partial charge in [-0.25, -0.2) is 0 Å². The summed E-state index contributed by atoms with van der Waals surface area (Å²) in [4.78, 5) is 10.1. The minimum atomic E-state index is -0.190. The first-order valence-electron chi connectivity index (χ1n) is 31.7. The van der Waals surface area contributed by atoms with Crippen LogP contribution in [0.2, 0.25) is 0 Å². The van der Waals surface area contributed by atoms with E-state index in [0.29, 0.717) is 11.5 Å². The van der Waals surface area contributed by atoms with E-state index in [1.165, 1.54) is 5.56 Å². The Hall–Kier alpha value is -10.7. The third-order valence-corrected chi connectivity index (χ3v) is 18.7. The number of hydrogen-bond acceptors (Lipinski definition) is 4. The Bertz CT molecular complexity index is 5100. The summed E-state index contributed by atoms with van der Waals surface area (Å²) in [5, 5.41) is 0. The fourth-order valence-corrected chi connectivity index (χ4v) is 14.0. The van der Waals surface area contributed by atoms with Gasteiger partial charge < -0.3 is 4.90 Å². The molecule has 0 aliphatic carbocycles. The van der Waals surface area contributed by atoms with E-state index in [9.17, 15) is 0 Å². The molecule has 0 atom stereocenters. The van der Waals surface area contributed by atoms with Crippen LogP contribution in [0.5, 0.6) is 11.5 Å². The van der Waals surface area contributed by atoms with E-state index >= 15 is 0 Å². The Morgan fingerprint density at radius 3 is 1.43 bits per heavy atom. The van der Waals surface area contributed by atoms with Gasteiger partial charge in [0.15, 0.2) is 0 Å². The van der Waals surface area contributed by atoms with Crippen LogP contribution in [0.15, 0.2) is 297 Å². The number of para-hydroxylation sites is 4. The second kappa shape index (κ2) is 24.2. The molecule has 0 saturated carbocycles. The van der Waals surface area contributed by atoms with Crippen molar-refractivity contribution in [2.45, 2.75) is 52.4 Å². The molecule has 0 amide bonds. The van der Waals surface area contributed by atoms with Crippen LogP contribution in [0.4, 0.5) is 34.3 Å². The number of pyridine rings is 1. The van der Waals surface area contributed by atoms with E-state index in [-0.39, 0.29) is 10.8 Å². The van der Waals surface area contributed by atoms with Crippen LogP contribution >= 0.6 is 0 Å². The number of nitrogens with zero attached hydrogens (tertiary/aromatic N) is 5. The molecule has 0 spiro atoms.